The fourth-order valence-corrected chi connectivity index (χ4v) is 2.47. The van der Waals surface area contributed by atoms with Gasteiger partial charge in [0.15, 0.2) is 0 Å². The first-order chi connectivity index (χ1) is 9.65. The summed E-state index contributed by atoms with van der Waals surface area (Å²) >= 11 is 0. The third kappa shape index (κ3) is 5.94. The highest BCUT2D eigenvalue weighted by Crippen LogP contribution is 2.18. The summed E-state index contributed by atoms with van der Waals surface area (Å²) in [6.45, 7) is 6.29. The lowest BCUT2D eigenvalue weighted by molar-refractivity contribution is -0.121. The highest BCUT2D eigenvalue weighted by atomic mass is 35.5. The summed E-state index contributed by atoms with van der Waals surface area (Å²) in [6, 6.07) is 6.51. The molecule has 1 fully saturated rings. The van der Waals surface area contributed by atoms with Gasteiger partial charge in [0.2, 0.25) is 5.91 Å². The van der Waals surface area contributed by atoms with Gasteiger partial charge in [0.1, 0.15) is 5.75 Å². The van der Waals surface area contributed by atoms with E-state index in [1.165, 1.54) is 12.0 Å². The molecule has 1 aromatic rings. The molecule has 21 heavy (non-hydrogen) atoms. The van der Waals surface area contributed by atoms with Crippen LogP contribution in [0.15, 0.2) is 18.2 Å². The van der Waals surface area contributed by atoms with Crippen LogP contribution in [-0.2, 0) is 4.79 Å². The molecule has 5 heteroatoms. The zero-order valence-corrected chi connectivity index (χ0v) is 13.6. The molecule has 1 amide bonds. The first kappa shape index (κ1) is 17.8. The second-order valence-electron chi connectivity index (χ2n) is 5.46. The van der Waals surface area contributed by atoms with E-state index in [0.717, 1.165) is 30.8 Å². The van der Waals surface area contributed by atoms with Gasteiger partial charge in [-0.1, -0.05) is 17.7 Å². The van der Waals surface area contributed by atoms with Crippen LogP contribution in [0.3, 0.4) is 0 Å². The number of rotatable bonds is 6. The Bertz CT molecular complexity index is 460. The summed E-state index contributed by atoms with van der Waals surface area (Å²) in [5, 5.41) is 6.31. The average molecular weight is 313 g/mol. The molecule has 0 spiro atoms. The first-order valence-corrected chi connectivity index (χ1v) is 7.35. The number of ether oxygens (including phenoxy) is 1. The average Bonchev–Trinajstić information content (AvgIpc) is 2.92. The molecule has 1 heterocycles. The number of carbonyl (C=O) groups is 1. The molecule has 2 N–H and O–H groups in total. The Morgan fingerprint density at radius 3 is 2.90 bits per heavy atom. The van der Waals surface area contributed by atoms with Crippen LogP contribution >= 0.6 is 12.4 Å². The van der Waals surface area contributed by atoms with E-state index < -0.39 is 0 Å². The Morgan fingerprint density at radius 1 is 1.43 bits per heavy atom. The van der Waals surface area contributed by atoms with Crippen molar-refractivity contribution in [1.29, 1.82) is 0 Å². The van der Waals surface area contributed by atoms with E-state index in [2.05, 4.69) is 23.6 Å². The molecule has 0 radical (unpaired) electrons. The standard InChI is InChI=1S/C16H24N2O2.ClH/c1-12-5-6-15(13(2)10-12)20-9-7-16(19)18-11-14-4-3-8-17-14;/h5-6,10,14,17H,3-4,7-9,11H2,1-2H3,(H,18,19);1H. The van der Waals surface area contributed by atoms with E-state index in [9.17, 15) is 4.79 Å². The van der Waals surface area contributed by atoms with Crippen LogP contribution in [0.5, 0.6) is 5.75 Å². The third-order valence-corrected chi connectivity index (χ3v) is 3.63. The number of halogens is 1. The predicted octanol–water partition coefficient (Wildman–Crippen LogP) is 2.36. The Kier molecular flexibility index (Phi) is 7.54. The zero-order chi connectivity index (χ0) is 14.4. The monoisotopic (exact) mass is 312 g/mol. The van der Waals surface area contributed by atoms with Crippen molar-refractivity contribution in [2.24, 2.45) is 0 Å². The molecular formula is C16H25ClN2O2. The lowest BCUT2D eigenvalue weighted by atomic mass is 10.1. The fourth-order valence-electron chi connectivity index (χ4n) is 2.47. The van der Waals surface area contributed by atoms with E-state index in [1.807, 2.05) is 19.1 Å². The minimum atomic E-state index is 0. The van der Waals surface area contributed by atoms with Gasteiger partial charge in [0.05, 0.1) is 13.0 Å². The number of amides is 1. The maximum Gasteiger partial charge on any atom is 0.223 e. The Labute approximate surface area is 133 Å². The Morgan fingerprint density at radius 2 is 2.24 bits per heavy atom. The SMILES string of the molecule is Cc1ccc(OCCC(=O)NCC2CCCN2)c(C)c1.Cl. The fraction of sp³-hybridized carbons (Fsp3) is 0.562. The van der Waals surface area contributed by atoms with Gasteiger partial charge in [-0.25, -0.2) is 0 Å². The molecule has 0 bridgehead atoms. The maximum absolute atomic E-state index is 11.7. The van der Waals surface area contributed by atoms with Crippen molar-refractivity contribution in [3.05, 3.63) is 29.3 Å². The van der Waals surface area contributed by atoms with E-state index in [-0.39, 0.29) is 18.3 Å². The Hall–Kier alpha value is -1.26. The van der Waals surface area contributed by atoms with Crippen molar-refractivity contribution in [3.8, 4) is 5.75 Å². The van der Waals surface area contributed by atoms with Crippen molar-refractivity contribution in [2.75, 3.05) is 19.7 Å². The number of aryl methyl sites for hydroxylation is 2. The van der Waals surface area contributed by atoms with Crippen LogP contribution in [0.2, 0.25) is 0 Å². The molecule has 0 aliphatic carbocycles. The smallest absolute Gasteiger partial charge is 0.223 e. The van der Waals surface area contributed by atoms with Crippen molar-refractivity contribution < 1.29 is 9.53 Å². The molecule has 1 aliphatic heterocycles. The number of benzene rings is 1. The van der Waals surface area contributed by atoms with Crippen molar-refractivity contribution in [3.63, 3.8) is 0 Å². The molecule has 2 rings (SSSR count). The van der Waals surface area contributed by atoms with Gasteiger partial charge in [-0.3, -0.25) is 4.79 Å². The third-order valence-electron chi connectivity index (χ3n) is 3.63. The second kappa shape index (κ2) is 8.90. The number of nitrogens with one attached hydrogen (secondary N) is 2. The summed E-state index contributed by atoms with van der Waals surface area (Å²) in [6.07, 6.45) is 2.76. The lowest BCUT2D eigenvalue weighted by Crippen LogP contribution is -2.37. The minimum Gasteiger partial charge on any atom is -0.493 e. The normalized spacial score (nSPS) is 17.1. The van der Waals surface area contributed by atoms with Gasteiger partial charge in [0, 0.05) is 12.6 Å². The number of hydrogen-bond donors (Lipinski definition) is 2. The molecule has 1 aliphatic rings. The topological polar surface area (TPSA) is 50.4 Å². The summed E-state index contributed by atoms with van der Waals surface area (Å²) in [5.74, 6) is 0.921. The first-order valence-electron chi connectivity index (χ1n) is 7.35. The molecule has 1 atom stereocenters. The van der Waals surface area contributed by atoms with Crippen molar-refractivity contribution in [2.45, 2.75) is 39.2 Å². The van der Waals surface area contributed by atoms with Gasteiger partial charge in [0.25, 0.3) is 0 Å². The molecule has 1 saturated heterocycles. The highest BCUT2D eigenvalue weighted by Gasteiger charge is 2.14. The van der Waals surface area contributed by atoms with Gasteiger partial charge in [-0.05, 0) is 44.9 Å². The van der Waals surface area contributed by atoms with Crippen LogP contribution in [-0.4, -0.2) is 31.6 Å². The zero-order valence-electron chi connectivity index (χ0n) is 12.8. The van der Waals surface area contributed by atoms with E-state index in [1.54, 1.807) is 0 Å². The van der Waals surface area contributed by atoms with Crippen LogP contribution in [0.1, 0.15) is 30.4 Å². The van der Waals surface area contributed by atoms with Gasteiger partial charge in [-0.2, -0.15) is 0 Å². The molecule has 1 aromatic carbocycles. The highest BCUT2D eigenvalue weighted by molar-refractivity contribution is 5.85. The molecule has 0 aromatic heterocycles. The van der Waals surface area contributed by atoms with Crippen LogP contribution in [0.25, 0.3) is 0 Å². The summed E-state index contributed by atoms with van der Waals surface area (Å²) in [7, 11) is 0. The van der Waals surface area contributed by atoms with Gasteiger partial charge in [-0.15, -0.1) is 12.4 Å². The second-order valence-corrected chi connectivity index (χ2v) is 5.46. The van der Waals surface area contributed by atoms with Crippen LogP contribution < -0.4 is 15.4 Å². The summed E-state index contributed by atoms with van der Waals surface area (Å²) in [4.78, 5) is 11.7. The van der Waals surface area contributed by atoms with Crippen molar-refractivity contribution >= 4 is 18.3 Å². The summed E-state index contributed by atoms with van der Waals surface area (Å²) < 4.78 is 5.66. The number of hydrogen-bond acceptors (Lipinski definition) is 3. The Balaban J connectivity index is 0.00000220. The van der Waals surface area contributed by atoms with Gasteiger partial charge < -0.3 is 15.4 Å². The number of carbonyl (C=O) groups excluding carboxylic acids is 1. The van der Waals surface area contributed by atoms with Crippen molar-refractivity contribution in [1.82, 2.24) is 10.6 Å². The van der Waals surface area contributed by atoms with Crippen LogP contribution in [0.4, 0.5) is 0 Å². The quantitative estimate of drug-likeness (QED) is 0.848. The van der Waals surface area contributed by atoms with E-state index in [4.69, 9.17) is 4.74 Å². The lowest BCUT2D eigenvalue weighted by Gasteiger charge is -2.12. The van der Waals surface area contributed by atoms with E-state index >= 15 is 0 Å². The molecule has 0 saturated carbocycles. The molecular weight excluding hydrogens is 288 g/mol. The minimum absolute atomic E-state index is 0. The van der Waals surface area contributed by atoms with Gasteiger partial charge >= 0.3 is 0 Å². The maximum atomic E-state index is 11.7. The van der Waals surface area contributed by atoms with Crippen LogP contribution in [0, 0.1) is 13.8 Å². The molecule has 1 unspecified atom stereocenters. The van der Waals surface area contributed by atoms with E-state index in [0.29, 0.717) is 19.1 Å². The largest absolute Gasteiger partial charge is 0.493 e. The predicted molar refractivity (Wildman–Crippen MR) is 87.3 cm³/mol. The molecule has 4 nitrogen and oxygen atoms in total. The summed E-state index contributed by atoms with van der Waals surface area (Å²) in [5.41, 5.74) is 2.33. The molecule has 118 valence electrons.